The molecule has 5 rings (SSSR count). The van der Waals surface area contributed by atoms with Crippen LogP contribution in [0.3, 0.4) is 0 Å². The molecular weight excluding hydrogens is 485 g/mol. The number of amides is 2. The molecule has 0 aliphatic carbocycles. The number of aromatic nitrogens is 1. The second-order valence-corrected chi connectivity index (χ2v) is 9.06. The third-order valence-corrected chi connectivity index (χ3v) is 6.58. The van der Waals surface area contributed by atoms with Crippen molar-refractivity contribution in [2.45, 2.75) is 39.0 Å². The minimum absolute atomic E-state index is 0.0423. The van der Waals surface area contributed by atoms with Gasteiger partial charge in [-0.25, -0.2) is 4.39 Å². The molecule has 2 aromatic carbocycles. The van der Waals surface area contributed by atoms with Gasteiger partial charge in [0.2, 0.25) is 5.91 Å². The van der Waals surface area contributed by atoms with Gasteiger partial charge in [0.1, 0.15) is 23.9 Å². The highest BCUT2D eigenvalue weighted by Gasteiger charge is 2.31. The van der Waals surface area contributed by atoms with E-state index in [-0.39, 0.29) is 36.0 Å². The number of hydrogen-bond acceptors (Lipinski definition) is 5. The van der Waals surface area contributed by atoms with E-state index >= 15 is 0 Å². The molecule has 0 radical (unpaired) electrons. The number of benzene rings is 2. The average Bonchev–Trinajstić information content (AvgIpc) is 3.44. The lowest BCUT2D eigenvalue weighted by Gasteiger charge is -2.38. The predicted octanol–water partition coefficient (Wildman–Crippen LogP) is 5.21. The fourth-order valence-corrected chi connectivity index (χ4v) is 4.65. The lowest BCUT2D eigenvalue weighted by Crippen LogP contribution is -2.40. The summed E-state index contributed by atoms with van der Waals surface area (Å²) in [6.07, 6.45) is 2.79. The molecule has 38 heavy (non-hydrogen) atoms. The third-order valence-electron chi connectivity index (χ3n) is 6.58. The number of fused-ring (bicyclic) bond motifs is 1. The van der Waals surface area contributed by atoms with Crippen molar-refractivity contribution in [1.82, 2.24) is 15.2 Å². The van der Waals surface area contributed by atoms with Gasteiger partial charge < -0.3 is 19.4 Å². The maximum Gasteiger partial charge on any atom is 0.287 e. The molecule has 0 saturated heterocycles. The lowest BCUT2D eigenvalue weighted by molar-refractivity contribution is -0.132. The smallest absolute Gasteiger partial charge is 0.287 e. The highest BCUT2D eigenvalue weighted by molar-refractivity contribution is 5.91. The summed E-state index contributed by atoms with van der Waals surface area (Å²) in [5.41, 5.74) is 3.67. The highest BCUT2D eigenvalue weighted by Crippen LogP contribution is 2.37. The number of nitrogens with one attached hydrogen (secondary N) is 1. The first-order valence-electron chi connectivity index (χ1n) is 12.6. The fraction of sp³-hybridized carbons (Fsp3) is 0.233. The van der Waals surface area contributed by atoms with Crippen molar-refractivity contribution in [3.8, 4) is 5.75 Å². The molecule has 2 amide bonds. The van der Waals surface area contributed by atoms with Crippen LogP contribution in [-0.4, -0.2) is 28.2 Å². The minimum Gasteiger partial charge on any atom is -0.486 e. The number of rotatable bonds is 8. The van der Waals surface area contributed by atoms with E-state index in [1.54, 1.807) is 30.5 Å². The van der Waals surface area contributed by atoms with Crippen LogP contribution in [0.1, 0.15) is 58.1 Å². The number of hydrogen-bond donors (Lipinski definition) is 1. The van der Waals surface area contributed by atoms with Gasteiger partial charge in [-0.1, -0.05) is 31.2 Å². The molecule has 1 N–H and O–H groups in total. The summed E-state index contributed by atoms with van der Waals surface area (Å²) >= 11 is 0. The molecule has 1 aliphatic rings. The Morgan fingerprint density at radius 1 is 1.11 bits per heavy atom. The summed E-state index contributed by atoms with van der Waals surface area (Å²) in [6.45, 7) is 2.87. The Kier molecular flexibility index (Phi) is 7.49. The Bertz CT molecular complexity index is 1420. The van der Waals surface area contributed by atoms with E-state index in [1.807, 2.05) is 48.2 Å². The molecule has 0 bridgehead atoms. The standard InChI is InChI=1S/C30H28FN3O4/c1-2-28(35)34-16-14-20-8-11-24(17-26(20)29(34)21-6-9-22(31)10-7-21)37-19-25-12-13-27(38-25)30(36)33-18-23-5-3-4-15-32-23/h3-13,15,17,29H,2,14,16,18-19H2,1H3,(H,33,36)/t29-/m1/s1. The zero-order chi connectivity index (χ0) is 26.5. The van der Waals surface area contributed by atoms with Crippen LogP contribution in [0, 0.1) is 5.82 Å². The number of nitrogens with zero attached hydrogens (tertiary/aromatic N) is 2. The van der Waals surface area contributed by atoms with E-state index < -0.39 is 0 Å². The van der Waals surface area contributed by atoms with Crippen LogP contribution in [0.15, 0.2) is 83.4 Å². The molecule has 194 valence electrons. The first-order chi connectivity index (χ1) is 18.5. The Balaban J connectivity index is 1.29. The largest absolute Gasteiger partial charge is 0.486 e. The molecule has 1 aliphatic heterocycles. The van der Waals surface area contributed by atoms with Gasteiger partial charge in [0.05, 0.1) is 18.3 Å². The van der Waals surface area contributed by atoms with Crippen LogP contribution in [0.2, 0.25) is 0 Å². The summed E-state index contributed by atoms with van der Waals surface area (Å²) in [6, 6.07) is 20.6. The van der Waals surface area contributed by atoms with E-state index in [4.69, 9.17) is 9.15 Å². The quantitative estimate of drug-likeness (QED) is 0.350. The maximum atomic E-state index is 13.6. The average molecular weight is 514 g/mol. The first kappa shape index (κ1) is 25.2. The third kappa shape index (κ3) is 5.59. The van der Waals surface area contributed by atoms with E-state index in [2.05, 4.69) is 10.3 Å². The van der Waals surface area contributed by atoms with Crippen LogP contribution in [0.25, 0.3) is 0 Å². The monoisotopic (exact) mass is 513 g/mol. The Morgan fingerprint density at radius 3 is 2.71 bits per heavy atom. The van der Waals surface area contributed by atoms with Gasteiger partial charge >= 0.3 is 0 Å². The summed E-state index contributed by atoms with van der Waals surface area (Å²) in [4.78, 5) is 31.3. The van der Waals surface area contributed by atoms with Crippen molar-refractivity contribution in [3.63, 3.8) is 0 Å². The molecule has 1 atom stereocenters. The van der Waals surface area contributed by atoms with E-state index in [9.17, 15) is 14.0 Å². The first-order valence-corrected chi connectivity index (χ1v) is 12.6. The molecule has 4 aromatic rings. The van der Waals surface area contributed by atoms with Crippen molar-refractivity contribution in [2.24, 2.45) is 0 Å². The number of furan rings is 1. The zero-order valence-electron chi connectivity index (χ0n) is 21.0. The molecule has 0 unspecified atom stereocenters. The summed E-state index contributed by atoms with van der Waals surface area (Å²) in [5.74, 6) is 0.690. The zero-order valence-corrected chi connectivity index (χ0v) is 21.0. The molecule has 0 spiro atoms. The topological polar surface area (TPSA) is 84.7 Å². The van der Waals surface area contributed by atoms with Gasteiger partial charge in [-0.2, -0.15) is 0 Å². The summed E-state index contributed by atoms with van der Waals surface area (Å²) in [5, 5.41) is 2.79. The second-order valence-electron chi connectivity index (χ2n) is 9.06. The molecular formula is C30H28FN3O4. The minimum atomic E-state index is -0.335. The van der Waals surface area contributed by atoms with Gasteiger partial charge in [-0.05, 0) is 71.6 Å². The van der Waals surface area contributed by atoms with Gasteiger partial charge in [-0.3, -0.25) is 14.6 Å². The van der Waals surface area contributed by atoms with Crippen LogP contribution < -0.4 is 10.1 Å². The van der Waals surface area contributed by atoms with E-state index in [0.717, 1.165) is 28.8 Å². The van der Waals surface area contributed by atoms with Crippen molar-refractivity contribution in [3.05, 3.63) is 119 Å². The molecule has 2 aromatic heterocycles. The van der Waals surface area contributed by atoms with Gasteiger partial charge in [0.15, 0.2) is 5.76 Å². The van der Waals surface area contributed by atoms with Crippen LogP contribution in [0.5, 0.6) is 5.75 Å². The molecule has 7 nitrogen and oxygen atoms in total. The normalized spacial score (nSPS) is 14.6. The molecule has 8 heteroatoms. The number of pyridine rings is 1. The molecule has 3 heterocycles. The van der Waals surface area contributed by atoms with Crippen molar-refractivity contribution in [2.75, 3.05) is 6.54 Å². The van der Waals surface area contributed by atoms with E-state index in [1.165, 1.54) is 12.1 Å². The second kappa shape index (κ2) is 11.3. The summed E-state index contributed by atoms with van der Waals surface area (Å²) < 4.78 is 25.3. The maximum absolute atomic E-state index is 13.6. The lowest BCUT2D eigenvalue weighted by atomic mass is 9.87. The van der Waals surface area contributed by atoms with Crippen LogP contribution >= 0.6 is 0 Å². The fourth-order valence-electron chi connectivity index (χ4n) is 4.65. The Labute approximate surface area is 220 Å². The Morgan fingerprint density at radius 2 is 1.95 bits per heavy atom. The van der Waals surface area contributed by atoms with Crippen molar-refractivity contribution in [1.29, 1.82) is 0 Å². The summed E-state index contributed by atoms with van der Waals surface area (Å²) in [7, 11) is 0. The number of halogens is 1. The van der Waals surface area contributed by atoms with Crippen molar-refractivity contribution >= 4 is 11.8 Å². The van der Waals surface area contributed by atoms with Crippen LogP contribution in [0.4, 0.5) is 4.39 Å². The highest BCUT2D eigenvalue weighted by atomic mass is 19.1. The van der Waals surface area contributed by atoms with Gasteiger partial charge in [0.25, 0.3) is 5.91 Å². The number of carbonyl (C=O) groups excluding carboxylic acids is 2. The SMILES string of the molecule is CCC(=O)N1CCc2ccc(OCc3ccc(C(=O)NCc4ccccn4)o3)cc2[C@H]1c1ccc(F)cc1. The number of ether oxygens (including phenoxy) is 1. The Hall–Kier alpha value is -4.46. The van der Waals surface area contributed by atoms with Crippen LogP contribution in [-0.2, 0) is 24.4 Å². The molecule has 0 fully saturated rings. The number of carbonyl (C=O) groups is 2. The predicted molar refractivity (Wildman–Crippen MR) is 139 cm³/mol. The van der Waals surface area contributed by atoms with Crippen molar-refractivity contribution < 1.29 is 23.1 Å². The molecule has 0 saturated carbocycles. The van der Waals surface area contributed by atoms with E-state index in [0.29, 0.717) is 31.0 Å². The van der Waals surface area contributed by atoms with Gasteiger partial charge in [-0.15, -0.1) is 0 Å². The van der Waals surface area contributed by atoms with Gasteiger partial charge in [0, 0.05) is 19.2 Å².